The van der Waals surface area contributed by atoms with Crippen LogP contribution in [0.15, 0.2) is 30.5 Å². The van der Waals surface area contributed by atoms with Crippen molar-refractivity contribution < 1.29 is 0 Å². The van der Waals surface area contributed by atoms with Crippen molar-refractivity contribution in [3.63, 3.8) is 0 Å². The minimum atomic E-state index is 0.378. The number of nitrogen functional groups attached to an aromatic ring is 1. The Bertz CT molecular complexity index is 666. The van der Waals surface area contributed by atoms with Gasteiger partial charge in [0, 0.05) is 29.6 Å². The number of thiazole rings is 1. The van der Waals surface area contributed by atoms with Gasteiger partial charge in [-0.15, -0.1) is 11.3 Å². The van der Waals surface area contributed by atoms with Crippen LogP contribution in [0.2, 0.25) is 0 Å². The highest BCUT2D eigenvalue weighted by Gasteiger charge is 2.39. The van der Waals surface area contributed by atoms with E-state index < -0.39 is 0 Å². The summed E-state index contributed by atoms with van der Waals surface area (Å²) in [6.07, 6.45) is 8.50. The van der Waals surface area contributed by atoms with Gasteiger partial charge in [0.25, 0.3) is 0 Å². The number of aryl methyl sites for hydroxylation is 1. The molecule has 1 fully saturated rings. The van der Waals surface area contributed by atoms with Crippen LogP contribution < -0.4 is 5.73 Å². The van der Waals surface area contributed by atoms with Crippen LogP contribution in [0.3, 0.4) is 0 Å². The lowest BCUT2D eigenvalue weighted by Gasteiger charge is -2.46. The normalized spacial score (nSPS) is 25.3. The predicted molar refractivity (Wildman–Crippen MR) is 92.1 cm³/mol. The number of nitrogens with two attached hydrogens (primary N) is 1. The average Bonchev–Trinajstić information content (AvgIpc) is 2.93. The van der Waals surface area contributed by atoms with Crippen LogP contribution in [0.4, 0.5) is 5.13 Å². The second-order valence-corrected chi connectivity index (χ2v) is 7.92. The van der Waals surface area contributed by atoms with E-state index in [1.807, 2.05) is 6.20 Å². The van der Waals surface area contributed by atoms with Gasteiger partial charge >= 0.3 is 0 Å². The van der Waals surface area contributed by atoms with Crippen LogP contribution in [-0.4, -0.2) is 23.0 Å². The van der Waals surface area contributed by atoms with Crippen LogP contribution >= 0.6 is 11.3 Å². The predicted octanol–water partition coefficient (Wildman–Crippen LogP) is 3.60. The fraction of sp³-hybridized carbons (Fsp3) is 0.500. The van der Waals surface area contributed by atoms with Crippen molar-refractivity contribution in [1.29, 1.82) is 0 Å². The minimum Gasteiger partial charge on any atom is -0.375 e. The molecule has 116 valence electrons. The highest BCUT2D eigenvalue weighted by molar-refractivity contribution is 7.15. The largest absolute Gasteiger partial charge is 0.375 e. The van der Waals surface area contributed by atoms with Crippen molar-refractivity contribution in [3.05, 3.63) is 46.5 Å². The number of anilines is 1. The van der Waals surface area contributed by atoms with Crippen LogP contribution in [-0.2, 0) is 18.4 Å². The monoisotopic (exact) mass is 313 g/mol. The highest BCUT2D eigenvalue weighted by atomic mass is 32.1. The van der Waals surface area contributed by atoms with E-state index in [2.05, 4.69) is 34.1 Å². The summed E-state index contributed by atoms with van der Waals surface area (Å²) >= 11 is 1.63. The fourth-order valence-electron chi connectivity index (χ4n) is 4.41. The van der Waals surface area contributed by atoms with Crippen LogP contribution in [0.5, 0.6) is 0 Å². The first kappa shape index (κ1) is 14.2. The SMILES string of the molecule is Nc1ncc(CN2CCCC3(CCCc4ccccc43)C2)s1. The minimum absolute atomic E-state index is 0.378. The van der Waals surface area contributed by atoms with Gasteiger partial charge in [0.15, 0.2) is 5.13 Å². The van der Waals surface area contributed by atoms with Gasteiger partial charge < -0.3 is 5.73 Å². The third-order valence-corrected chi connectivity index (χ3v) is 6.11. The zero-order valence-electron chi connectivity index (χ0n) is 12.9. The molecule has 3 nitrogen and oxygen atoms in total. The van der Waals surface area contributed by atoms with Crippen molar-refractivity contribution >= 4 is 16.5 Å². The molecule has 4 rings (SSSR count). The Kier molecular flexibility index (Phi) is 3.66. The summed E-state index contributed by atoms with van der Waals surface area (Å²) < 4.78 is 0. The molecule has 1 aromatic carbocycles. The topological polar surface area (TPSA) is 42.1 Å². The first-order valence-electron chi connectivity index (χ1n) is 8.26. The van der Waals surface area contributed by atoms with E-state index in [1.165, 1.54) is 50.1 Å². The van der Waals surface area contributed by atoms with Gasteiger partial charge in [0.1, 0.15) is 0 Å². The molecule has 4 heteroatoms. The molecule has 1 spiro atoms. The third-order valence-electron chi connectivity index (χ3n) is 5.30. The van der Waals surface area contributed by atoms with Gasteiger partial charge in [-0.25, -0.2) is 4.98 Å². The average molecular weight is 313 g/mol. The quantitative estimate of drug-likeness (QED) is 0.921. The van der Waals surface area contributed by atoms with E-state index in [1.54, 1.807) is 22.5 Å². The van der Waals surface area contributed by atoms with E-state index in [0.29, 0.717) is 10.5 Å². The van der Waals surface area contributed by atoms with Crippen molar-refractivity contribution in [2.45, 2.75) is 44.1 Å². The molecular weight excluding hydrogens is 290 g/mol. The molecule has 2 N–H and O–H groups in total. The molecule has 1 atom stereocenters. The molecule has 0 amide bonds. The molecular formula is C18H23N3S. The summed E-state index contributed by atoms with van der Waals surface area (Å²) in [5, 5.41) is 0.685. The number of benzene rings is 1. The van der Waals surface area contributed by atoms with Gasteiger partial charge in [-0.1, -0.05) is 24.3 Å². The molecule has 1 aliphatic carbocycles. The lowest BCUT2D eigenvalue weighted by Crippen LogP contribution is -2.47. The summed E-state index contributed by atoms with van der Waals surface area (Å²) in [5.74, 6) is 0. The van der Waals surface area contributed by atoms with E-state index in [4.69, 9.17) is 5.73 Å². The molecule has 0 bridgehead atoms. The van der Waals surface area contributed by atoms with Crippen LogP contribution in [0, 0.1) is 0 Å². The number of rotatable bonds is 2. The second kappa shape index (κ2) is 5.67. The number of fused-ring (bicyclic) bond motifs is 2. The number of hydrogen-bond acceptors (Lipinski definition) is 4. The Hall–Kier alpha value is -1.39. The molecule has 22 heavy (non-hydrogen) atoms. The number of likely N-dealkylation sites (tertiary alicyclic amines) is 1. The zero-order valence-corrected chi connectivity index (χ0v) is 13.7. The molecule has 2 heterocycles. The Morgan fingerprint density at radius 1 is 1.23 bits per heavy atom. The first-order chi connectivity index (χ1) is 10.8. The molecule has 1 saturated heterocycles. The summed E-state index contributed by atoms with van der Waals surface area (Å²) in [6.45, 7) is 3.38. The fourth-order valence-corrected chi connectivity index (χ4v) is 5.14. The maximum Gasteiger partial charge on any atom is 0.180 e. The molecule has 0 radical (unpaired) electrons. The van der Waals surface area contributed by atoms with E-state index in [0.717, 1.165) is 6.54 Å². The van der Waals surface area contributed by atoms with E-state index in [-0.39, 0.29) is 0 Å². The van der Waals surface area contributed by atoms with Crippen molar-refractivity contribution in [2.24, 2.45) is 0 Å². The van der Waals surface area contributed by atoms with Gasteiger partial charge in [-0.2, -0.15) is 0 Å². The van der Waals surface area contributed by atoms with Gasteiger partial charge in [0.2, 0.25) is 0 Å². The number of nitrogens with zero attached hydrogens (tertiary/aromatic N) is 2. The summed E-state index contributed by atoms with van der Waals surface area (Å²) in [4.78, 5) is 8.09. The highest BCUT2D eigenvalue weighted by Crippen LogP contribution is 2.43. The Morgan fingerprint density at radius 3 is 2.95 bits per heavy atom. The summed E-state index contributed by atoms with van der Waals surface area (Å²) in [7, 11) is 0. The Balaban J connectivity index is 1.58. The van der Waals surface area contributed by atoms with Crippen molar-refractivity contribution in [1.82, 2.24) is 9.88 Å². The van der Waals surface area contributed by atoms with E-state index in [9.17, 15) is 0 Å². The number of hydrogen-bond donors (Lipinski definition) is 1. The molecule has 2 aromatic rings. The molecule has 1 unspecified atom stereocenters. The zero-order chi connectivity index (χ0) is 15.0. The number of aromatic nitrogens is 1. The first-order valence-corrected chi connectivity index (χ1v) is 9.08. The molecule has 2 aliphatic rings. The summed E-state index contributed by atoms with van der Waals surface area (Å²) in [5.41, 5.74) is 9.35. The second-order valence-electron chi connectivity index (χ2n) is 6.77. The molecule has 0 saturated carbocycles. The standard InChI is InChI=1S/C18H23N3S/c19-17-20-11-15(22-17)12-21-10-4-9-18(13-21)8-3-6-14-5-1-2-7-16(14)18/h1-2,5,7,11H,3-4,6,8-10,12-13H2,(H2,19,20). The van der Waals surface area contributed by atoms with Crippen molar-refractivity contribution in [2.75, 3.05) is 18.8 Å². The number of piperidine rings is 1. The molecule has 1 aliphatic heterocycles. The Labute approximate surface area is 136 Å². The van der Waals surface area contributed by atoms with Gasteiger partial charge in [0.05, 0.1) is 0 Å². The van der Waals surface area contributed by atoms with Crippen LogP contribution in [0.1, 0.15) is 41.7 Å². The lowest BCUT2D eigenvalue weighted by molar-refractivity contribution is 0.126. The summed E-state index contributed by atoms with van der Waals surface area (Å²) in [6, 6.07) is 9.12. The molecule has 1 aromatic heterocycles. The van der Waals surface area contributed by atoms with Crippen molar-refractivity contribution in [3.8, 4) is 0 Å². The maximum absolute atomic E-state index is 5.77. The van der Waals surface area contributed by atoms with Crippen LogP contribution in [0.25, 0.3) is 0 Å². The van der Waals surface area contributed by atoms with Gasteiger partial charge in [-0.3, -0.25) is 4.90 Å². The Morgan fingerprint density at radius 2 is 2.09 bits per heavy atom. The lowest BCUT2D eigenvalue weighted by atomic mass is 9.66. The van der Waals surface area contributed by atoms with Gasteiger partial charge in [-0.05, 0) is 49.8 Å². The smallest absolute Gasteiger partial charge is 0.180 e. The third kappa shape index (κ3) is 2.55. The maximum atomic E-state index is 5.77. The van der Waals surface area contributed by atoms with E-state index >= 15 is 0 Å².